The van der Waals surface area contributed by atoms with Crippen LogP contribution in [0.1, 0.15) is 5.56 Å². The number of aromatic nitrogens is 1. The maximum Gasteiger partial charge on any atom is 0.287 e. The number of hydrogen-bond acceptors (Lipinski definition) is 2. The van der Waals surface area contributed by atoms with Crippen LogP contribution in [0, 0.1) is 0 Å². The molecule has 2 N–H and O–H groups in total. The standard InChI is InChI=1S/C17H16N2OS/c1-2-11-18-17(21)15(19-12-7-4-8-13-19)16(20)14-9-5-3-6-10-14/h2-10,12-13H,1,11H2,(H-,18,20,21)/p+1. The number of rotatable bonds is 5. The molecule has 0 aliphatic rings. The van der Waals surface area contributed by atoms with E-state index in [9.17, 15) is 5.11 Å². The van der Waals surface area contributed by atoms with Gasteiger partial charge in [0.25, 0.3) is 5.70 Å². The van der Waals surface area contributed by atoms with E-state index in [2.05, 4.69) is 11.9 Å². The number of aliphatic hydroxyl groups is 1. The zero-order chi connectivity index (χ0) is 15.1. The Balaban J connectivity index is 2.50. The van der Waals surface area contributed by atoms with E-state index in [1.54, 1.807) is 10.6 Å². The average molecular weight is 297 g/mol. The molecule has 21 heavy (non-hydrogen) atoms. The Kier molecular flexibility index (Phi) is 5.23. The predicted molar refractivity (Wildman–Crippen MR) is 89.6 cm³/mol. The predicted octanol–water partition coefficient (Wildman–Crippen LogP) is 2.96. The Hall–Kier alpha value is -2.46. The molecule has 0 aliphatic carbocycles. The molecule has 0 radical (unpaired) electrons. The minimum absolute atomic E-state index is 0.133. The molecule has 0 amide bonds. The Morgan fingerprint density at radius 1 is 1.14 bits per heavy atom. The van der Waals surface area contributed by atoms with E-state index in [0.717, 1.165) is 0 Å². The third kappa shape index (κ3) is 3.77. The van der Waals surface area contributed by atoms with Gasteiger partial charge in [0.15, 0.2) is 23.1 Å². The highest BCUT2D eigenvalue weighted by atomic mass is 32.1. The van der Waals surface area contributed by atoms with E-state index in [1.165, 1.54) is 0 Å². The van der Waals surface area contributed by atoms with Gasteiger partial charge >= 0.3 is 0 Å². The second-order valence-electron chi connectivity index (χ2n) is 4.34. The number of benzene rings is 1. The van der Waals surface area contributed by atoms with Crippen molar-refractivity contribution in [1.29, 1.82) is 0 Å². The summed E-state index contributed by atoms with van der Waals surface area (Å²) in [6, 6.07) is 15.0. The van der Waals surface area contributed by atoms with Crippen molar-refractivity contribution in [3.05, 3.63) is 79.1 Å². The quantitative estimate of drug-likeness (QED) is 0.293. The van der Waals surface area contributed by atoms with Crippen LogP contribution in [0.15, 0.2) is 73.6 Å². The lowest BCUT2D eigenvalue weighted by molar-refractivity contribution is -0.576. The minimum atomic E-state index is 0.133. The summed E-state index contributed by atoms with van der Waals surface area (Å²) in [5.41, 5.74) is 1.25. The highest BCUT2D eigenvalue weighted by molar-refractivity contribution is 7.81. The maximum absolute atomic E-state index is 10.6. The zero-order valence-corrected chi connectivity index (χ0v) is 12.4. The fraction of sp³-hybridized carbons (Fsp3) is 0.0588. The number of nitrogens with one attached hydrogen (secondary N) is 1. The van der Waals surface area contributed by atoms with Crippen LogP contribution in [-0.4, -0.2) is 16.6 Å². The van der Waals surface area contributed by atoms with E-state index < -0.39 is 0 Å². The molecular weight excluding hydrogens is 280 g/mol. The number of aliphatic hydroxyl groups excluding tert-OH is 1. The van der Waals surface area contributed by atoms with Crippen LogP contribution in [0.25, 0.3) is 11.5 Å². The van der Waals surface area contributed by atoms with Crippen molar-refractivity contribution in [1.82, 2.24) is 5.32 Å². The number of hydrogen-bond donors (Lipinski definition) is 2. The van der Waals surface area contributed by atoms with Gasteiger partial charge in [0, 0.05) is 24.2 Å². The smallest absolute Gasteiger partial charge is 0.287 e. The third-order valence-corrected chi connectivity index (χ3v) is 3.21. The van der Waals surface area contributed by atoms with Crippen molar-refractivity contribution in [2.24, 2.45) is 0 Å². The second-order valence-corrected chi connectivity index (χ2v) is 4.75. The summed E-state index contributed by atoms with van der Waals surface area (Å²) < 4.78 is 1.79. The van der Waals surface area contributed by atoms with Gasteiger partial charge in [-0.15, -0.1) is 6.58 Å². The van der Waals surface area contributed by atoms with Crippen molar-refractivity contribution in [2.45, 2.75) is 0 Å². The first-order valence-corrected chi connectivity index (χ1v) is 6.99. The summed E-state index contributed by atoms with van der Waals surface area (Å²) in [5.74, 6) is 0.133. The molecule has 0 bridgehead atoms. The van der Waals surface area contributed by atoms with Crippen molar-refractivity contribution in [3.63, 3.8) is 0 Å². The second kappa shape index (κ2) is 7.36. The van der Waals surface area contributed by atoms with Gasteiger partial charge in [0.2, 0.25) is 0 Å². The molecule has 2 aromatic rings. The summed E-state index contributed by atoms with van der Waals surface area (Å²) in [5, 5.41) is 13.7. The Morgan fingerprint density at radius 2 is 1.76 bits per heavy atom. The van der Waals surface area contributed by atoms with Gasteiger partial charge in [-0.1, -0.05) is 54.7 Å². The number of thiocarbonyl (C=S) groups is 1. The van der Waals surface area contributed by atoms with Gasteiger partial charge in [0.05, 0.1) is 0 Å². The molecule has 0 saturated heterocycles. The fourth-order valence-electron chi connectivity index (χ4n) is 1.88. The molecule has 0 aliphatic heterocycles. The van der Waals surface area contributed by atoms with E-state index in [4.69, 9.17) is 12.2 Å². The van der Waals surface area contributed by atoms with Crippen LogP contribution in [0.5, 0.6) is 0 Å². The van der Waals surface area contributed by atoms with E-state index >= 15 is 0 Å². The molecule has 3 nitrogen and oxygen atoms in total. The third-order valence-electron chi connectivity index (χ3n) is 2.87. The normalized spacial score (nSPS) is 11.4. The molecule has 0 fully saturated rings. The lowest BCUT2D eigenvalue weighted by atomic mass is 10.1. The molecule has 0 atom stereocenters. The van der Waals surface area contributed by atoms with Crippen LogP contribution in [0.2, 0.25) is 0 Å². The first-order valence-electron chi connectivity index (χ1n) is 6.58. The minimum Gasteiger partial charge on any atom is -0.502 e. The van der Waals surface area contributed by atoms with Crippen molar-refractivity contribution in [3.8, 4) is 0 Å². The maximum atomic E-state index is 10.6. The average Bonchev–Trinajstić information content (AvgIpc) is 2.55. The molecule has 2 rings (SSSR count). The Labute approximate surface area is 129 Å². The fourth-order valence-corrected chi connectivity index (χ4v) is 2.16. The topological polar surface area (TPSA) is 36.1 Å². The van der Waals surface area contributed by atoms with Gasteiger partial charge in [0.1, 0.15) is 0 Å². The Bertz CT molecular complexity index is 651. The molecule has 0 unspecified atom stereocenters. The Morgan fingerprint density at radius 3 is 2.38 bits per heavy atom. The lowest BCUT2D eigenvalue weighted by Crippen LogP contribution is -2.40. The summed E-state index contributed by atoms with van der Waals surface area (Å²) in [4.78, 5) is 0.465. The van der Waals surface area contributed by atoms with Gasteiger partial charge in [-0.05, 0) is 0 Å². The molecule has 1 aromatic heterocycles. The number of pyridine rings is 1. The van der Waals surface area contributed by atoms with Crippen LogP contribution in [0.3, 0.4) is 0 Å². The summed E-state index contributed by atoms with van der Waals surface area (Å²) in [6.07, 6.45) is 5.41. The van der Waals surface area contributed by atoms with Crippen molar-refractivity contribution in [2.75, 3.05) is 6.54 Å². The van der Waals surface area contributed by atoms with Gasteiger partial charge in [-0.25, -0.2) is 0 Å². The van der Waals surface area contributed by atoms with Gasteiger partial charge in [-0.3, -0.25) is 0 Å². The summed E-state index contributed by atoms with van der Waals surface area (Å²) >= 11 is 5.40. The summed E-state index contributed by atoms with van der Waals surface area (Å²) in [7, 11) is 0. The molecular formula is C17H17N2OS+. The molecule has 4 heteroatoms. The largest absolute Gasteiger partial charge is 0.502 e. The van der Waals surface area contributed by atoms with Crippen molar-refractivity contribution < 1.29 is 9.67 Å². The van der Waals surface area contributed by atoms with Crippen LogP contribution in [-0.2, 0) is 0 Å². The highest BCUT2D eigenvalue weighted by Crippen LogP contribution is 2.16. The van der Waals surface area contributed by atoms with Crippen molar-refractivity contribution >= 4 is 28.7 Å². The molecule has 0 saturated carbocycles. The van der Waals surface area contributed by atoms with E-state index in [1.807, 2.05) is 60.9 Å². The van der Waals surface area contributed by atoms with Gasteiger partial charge in [-0.2, -0.15) is 4.57 Å². The SMILES string of the molecule is C=CCNC(=S)/C(=C(/O)c1ccccc1)[n+]1ccccc1. The summed E-state index contributed by atoms with van der Waals surface area (Å²) in [6.45, 7) is 4.20. The molecule has 106 valence electrons. The first-order chi connectivity index (χ1) is 10.2. The number of nitrogens with zero attached hydrogens (tertiary/aromatic N) is 1. The lowest BCUT2D eigenvalue weighted by Gasteiger charge is -2.08. The molecule has 1 aromatic carbocycles. The first kappa shape index (κ1) is 14.9. The molecule has 0 spiro atoms. The van der Waals surface area contributed by atoms with E-state index in [-0.39, 0.29) is 5.76 Å². The highest BCUT2D eigenvalue weighted by Gasteiger charge is 2.22. The van der Waals surface area contributed by atoms with Crippen LogP contribution < -0.4 is 9.88 Å². The zero-order valence-electron chi connectivity index (χ0n) is 11.6. The monoisotopic (exact) mass is 297 g/mol. The van der Waals surface area contributed by atoms with Crippen LogP contribution in [0.4, 0.5) is 0 Å². The molecule has 1 heterocycles. The van der Waals surface area contributed by atoms with Gasteiger partial charge < -0.3 is 10.4 Å². The van der Waals surface area contributed by atoms with Crippen LogP contribution >= 0.6 is 12.2 Å². The van der Waals surface area contributed by atoms with E-state index in [0.29, 0.717) is 22.8 Å².